The average molecular weight is 564 g/mol. The lowest BCUT2D eigenvalue weighted by atomic mass is 10.1. The molecule has 0 bridgehead atoms. The fourth-order valence-electron chi connectivity index (χ4n) is 3.23. The van der Waals surface area contributed by atoms with Crippen molar-refractivity contribution in [1.82, 2.24) is 9.97 Å². The molecule has 0 amide bonds. The average Bonchev–Trinajstić information content (AvgIpc) is 2.89. The van der Waals surface area contributed by atoms with Crippen LogP contribution in [0.2, 0.25) is 0 Å². The van der Waals surface area contributed by atoms with Gasteiger partial charge in [-0.15, -0.1) is 0 Å². The molecule has 0 saturated heterocycles. The van der Waals surface area contributed by atoms with Gasteiger partial charge in [-0.1, -0.05) is 18.2 Å². The number of hydrogen-bond donors (Lipinski definition) is 4. The molecule has 0 unspecified atom stereocenters. The number of aromatic nitrogens is 2. The molecule has 0 spiro atoms. The second-order valence-corrected chi connectivity index (χ2v) is 7.78. The maximum atomic E-state index is 12.8. The summed E-state index contributed by atoms with van der Waals surface area (Å²) in [6.45, 7) is 0. The van der Waals surface area contributed by atoms with Crippen molar-refractivity contribution < 1.29 is 46.1 Å². The van der Waals surface area contributed by atoms with Crippen molar-refractivity contribution in [1.29, 1.82) is 0 Å². The lowest BCUT2D eigenvalue weighted by Gasteiger charge is -2.14. The van der Waals surface area contributed by atoms with E-state index in [0.717, 1.165) is 18.2 Å². The van der Waals surface area contributed by atoms with Gasteiger partial charge in [-0.2, -0.15) is 26.3 Å². The van der Waals surface area contributed by atoms with Gasteiger partial charge in [0.2, 0.25) is 0 Å². The number of para-hydroxylation sites is 1. The van der Waals surface area contributed by atoms with Crippen LogP contribution in [-0.4, -0.2) is 32.1 Å². The molecule has 2 heterocycles. The van der Waals surface area contributed by atoms with Gasteiger partial charge in [0, 0.05) is 18.1 Å². The van der Waals surface area contributed by atoms with Gasteiger partial charge in [-0.05, 0) is 54.6 Å². The molecule has 14 heteroatoms. The van der Waals surface area contributed by atoms with E-state index in [2.05, 4.69) is 20.6 Å². The highest BCUT2D eigenvalue weighted by Gasteiger charge is 2.33. The first kappa shape index (κ1) is 29.4. The zero-order valence-electron chi connectivity index (χ0n) is 20.0. The summed E-state index contributed by atoms with van der Waals surface area (Å²) in [4.78, 5) is 29.5. The van der Waals surface area contributed by atoms with Gasteiger partial charge in [0.1, 0.15) is 22.8 Å². The zero-order valence-corrected chi connectivity index (χ0v) is 20.0. The number of rotatable bonds is 6. The predicted molar refractivity (Wildman–Crippen MR) is 132 cm³/mol. The van der Waals surface area contributed by atoms with Crippen molar-refractivity contribution in [3.05, 3.63) is 107 Å². The number of carboxylic acids is 2. The molecule has 2 aromatic heterocycles. The number of pyridine rings is 2. The number of carbonyl (C=O) groups is 2. The number of anilines is 4. The van der Waals surface area contributed by atoms with E-state index >= 15 is 0 Å². The van der Waals surface area contributed by atoms with Crippen LogP contribution in [0.25, 0.3) is 0 Å². The third kappa shape index (κ3) is 7.69. The molecule has 4 N–H and O–H groups in total. The topological polar surface area (TPSA) is 124 Å². The Hall–Kier alpha value is -5.14. The summed E-state index contributed by atoms with van der Waals surface area (Å²) in [5, 5.41) is 22.9. The highest BCUT2D eigenvalue weighted by molar-refractivity contribution is 5.94. The maximum Gasteiger partial charge on any atom is 0.418 e. The van der Waals surface area contributed by atoms with E-state index < -0.39 is 35.4 Å². The Balaban J connectivity index is 0.000000220. The number of nitrogens with zero attached hydrogens (tertiary/aromatic N) is 2. The molecule has 0 atom stereocenters. The first-order valence-corrected chi connectivity index (χ1v) is 11.0. The molecule has 4 aromatic rings. The Morgan fingerprint density at radius 1 is 0.650 bits per heavy atom. The number of nitrogens with one attached hydrogen (secondary N) is 2. The van der Waals surface area contributed by atoms with Crippen LogP contribution in [0.15, 0.2) is 85.2 Å². The van der Waals surface area contributed by atoms with E-state index in [1.807, 2.05) is 0 Å². The molecule has 2 aromatic carbocycles. The second-order valence-electron chi connectivity index (χ2n) is 7.78. The summed E-state index contributed by atoms with van der Waals surface area (Å²) in [5.74, 6) is -2.64. The van der Waals surface area contributed by atoms with Crippen LogP contribution in [0, 0.1) is 0 Å². The largest absolute Gasteiger partial charge is 0.478 e. The van der Waals surface area contributed by atoms with E-state index in [9.17, 15) is 35.9 Å². The van der Waals surface area contributed by atoms with E-state index in [4.69, 9.17) is 10.2 Å². The molecule has 208 valence electrons. The smallest absolute Gasteiger partial charge is 0.418 e. The van der Waals surface area contributed by atoms with E-state index in [0.29, 0.717) is 0 Å². The maximum absolute atomic E-state index is 12.8. The van der Waals surface area contributed by atoms with Crippen LogP contribution in [0.5, 0.6) is 0 Å². The van der Waals surface area contributed by atoms with E-state index in [1.54, 1.807) is 0 Å². The van der Waals surface area contributed by atoms with Crippen LogP contribution in [0.4, 0.5) is 49.4 Å². The van der Waals surface area contributed by atoms with Crippen molar-refractivity contribution in [2.45, 2.75) is 12.4 Å². The Labute approximate surface area is 222 Å². The molecule has 8 nitrogen and oxygen atoms in total. The van der Waals surface area contributed by atoms with Crippen LogP contribution in [0.1, 0.15) is 31.8 Å². The number of benzene rings is 2. The number of hydrogen-bond acceptors (Lipinski definition) is 6. The van der Waals surface area contributed by atoms with Crippen LogP contribution in [0.3, 0.4) is 0 Å². The SMILES string of the molecule is O=C(O)c1cccnc1Nc1cccc(C(F)(F)F)c1.O=C(O)c1cccnc1Nc1ccccc1C(F)(F)F. The minimum absolute atomic E-state index is 0.0145. The second kappa shape index (κ2) is 12.1. The first-order valence-electron chi connectivity index (χ1n) is 11.0. The van der Waals surface area contributed by atoms with Crippen molar-refractivity contribution >= 4 is 34.9 Å². The Bertz CT molecular complexity index is 1510. The molecule has 0 fully saturated rings. The summed E-state index contributed by atoms with van der Waals surface area (Å²) in [7, 11) is 0. The van der Waals surface area contributed by atoms with Gasteiger partial charge in [-0.25, -0.2) is 19.6 Å². The molecular formula is C26H18F6N4O4. The highest BCUT2D eigenvalue weighted by Crippen LogP contribution is 2.36. The molecule has 0 aliphatic carbocycles. The van der Waals surface area contributed by atoms with Gasteiger partial charge >= 0.3 is 24.3 Å². The number of aromatic carboxylic acids is 2. The summed E-state index contributed by atoms with van der Waals surface area (Å²) >= 11 is 0. The quantitative estimate of drug-likeness (QED) is 0.183. The lowest BCUT2D eigenvalue weighted by molar-refractivity contribution is -0.138. The first-order chi connectivity index (χ1) is 18.8. The number of alkyl halides is 6. The Morgan fingerprint density at radius 2 is 1.20 bits per heavy atom. The Kier molecular flexibility index (Phi) is 8.93. The zero-order chi connectivity index (χ0) is 29.5. The van der Waals surface area contributed by atoms with Crippen molar-refractivity contribution in [3.8, 4) is 0 Å². The molecule has 40 heavy (non-hydrogen) atoms. The van der Waals surface area contributed by atoms with Crippen LogP contribution >= 0.6 is 0 Å². The number of halogens is 6. The van der Waals surface area contributed by atoms with Gasteiger partial charge < -0.3 is 20.8 Å². The van der Waals surface area contributed by atoms with Crippen LogP contribution in [-0.2, 0) is 12.4 Å². The standard InChI is InChI=1S/2C13H9F3N2O2/c14-13(15,16)8-3-1-4-9(7-8)18-11-10(12(19)20)5-2-6-17-11;14-13(15,16)9-5-1-2-6-10(9)18-11-8(12(19)20)4-3-7-17-11/h2*1-7H,(H,17,18)(H,19,20). The monoisotopic (exact) mass is 564 g/mol. The molecule has 4 rings (SSSR count). The fourth-order valence-corrected chi connectivity index (χ4v) is 3.23. The fraction of sp³-hybridized carbons (Fsp3) is 0.0769. The molecular weight excluding hydrogens is 546 g/mol. The molecule has 0 saturated carbocycles. The summed E-state index contributed by atoms with van der Waals surface area (Å²) < 4.78 is 76.2. The van der Waals surface area contributed by atoms with Crippen molar-refractivity contribution in [3.63, 3.8) is 0 Å². The van der Waals surface area contributed by atoms with Gasteiger partial charge in [0.15, 0.2) is 0 Å². The predicted octanol–water partition coefficient (Wildman–Crippen LogP) is 7.08. The van der Waals surface area contributed by atoms with Crippen LogP contribution < -0.4 is 10.6 Å². The normalized spacial score (nSPS) is 11.2. The summed E-state index contributed by atoms with van der Waals surface area (Å²) in [6, 6.07) is 14.6. The van der Waals surface area contributed by atoms with Gasteiger partial charge in [0.25, 0.3) is 0 Å². The van der Waals surface area contributed by atoms with Crippen molar-refractivity contribution in [2.75, 3.05) is 10.6 Å². The minimum Gasteiger partial charge on any atom is -0.478 e. The summed E-state index contributed by atoms with van der Waals surface area (Å²) in [5.41, 5.74) is -2.17. The van der Waals surface area contributed by atoms with Crippen molar-refractivity contribution in [2.24, 2.45) is 0 Å². The third-order valence-electron chi connectivity index (χ3n) is 5.01. The highest BCUT2D eigenvalue weighted by atomic mass is 19.4. The number of carboxylic acid groups (broad SMARTS) is 2. The van der Waals surface area contributed by atoms with E-state index in [1.165, 1.54) is 67.0 Å². The van der Waals surface area contributed by atoms with E-state index in [-0.39, 0.29) is 34.1 Å². The molecule has 0 aliphatic rings. The van der Waals surface area contributed by atoms with Gasteiger partial charge in [0.05, 0.1) is 16.8 Å². The van der Waals surface area contributed by atoms with Gasteiger partial charge in [-0.3, -0.25) is 0 Å². The molecule has 0 radical (unpaired) electrons. The lowest BCUT2D eigenvalue weighted by Crippen LogP contribution is -2.10. The summed E-state index contributed by atoms with van der Waals surface area (Å²) in [6.07, 6.45) is -6.35. The molecule has 0 aliphatic heterocycles. The minimum atomic E-state index is -4.54. The third-order valence-corrected chi connectivity index (χ3v) is 5.01. The Morgan fingerprint density at radius 3 is 1.73 bits per heavy atom.